The van der Waals surface area contributed by atoms with E-state index in [-0.39, 0.29) is 0 Å². The molecule has 1 heterocycles. The third kappa shape index (κ3) is 2.95. The van der Waals surface area contributed by atoms with Crippen molar-refractivity contribution in [3.63, 3.8) is 0 Å². The van der Waals surface area contributed by atoms with Crippen LogP contribution < -0.4 is 5.19 Å². The average molecular weight is 257 g/mol. The highest BCUT2D eigenvalue weighted by Crippen LogP contribution is 2.12. The maximum atomic E-state index is 4.49. The van der Waals surface area contributed by atoms with Crippen LogP contribution in [0.3, 0.4) is 0 Å². The molecule has 3 nitrogen and oxygen atoms in total. The Balaban J connectivity index is 2.24. The minimum Gasteiger partial charge on any atom is -0.277 e. The van der Waals surface area contributed by atoms with E-state index in [1.807, 2.05) is 24.5 Å². The van der Waals surface area contributed by atoms with Gasteiger partial charge in [-0.3, -0.25) is 10.1 Å². The van der Waals surface area contributed by atoms with Crippen LogP contribution in [0.4, 0.5) is 5.69 Å². The number of H-pyrrole nitrogens is 1. The molecule has 0 aliphatic rings. The summed E-state index contributed by atoms with van der Waals surface area (Å²) in [5, 5.41) is 8.48. The number of nitrogens with one attached hydrogen (secondary N) is 1. The first-order chi connectivity index (χ1) is 8.47. The molecule has 0 spiro atoms. The van der Waals surface area contributed by atoms with E-state index >= 15 is 0 Å². The van der Waals surface area contributed by atoms with Crippen molar-refractivity contribution in [3.05, 3.63) is 41.7 Å². The maximum Gasteiger partial charge on any atom is 0.0825 e. The van der Waals surface area contributed by atoms with Gasteiger partial charge in [-0.25, -0.2) is 0 Å². The van der Waals surface area contributed by atoms with Gasteiger partial charge in [0, 0.05) is 6.20 Å². The van der Waals surface area contributed by atoms with Crippen LogP contribution in [-0.2, 0) is 0 Å². The highest BCUT2D eigenvalue weighted by atomic mass is 28.3. The molecule has 0 atom stereocenters. The summed E-state index contributed by atoms with van der Waals surface area (Å²) < 4.78 is 0. The van der Waals surface area contributed by atoms with E-state index in [2.05, 4.69) is 53.9 Å². The molecule has 0 fully saturated rings. The van der Waals surface area contributed by atoms with E-state index in [1.54, 1.807) is 0 Å². The van der Waals surface area contributed by atoms with Crippen LogP contribution in [-0.4, -0.2) is 24.5 Å². The Labute approximate surface area is 109 Å². The van der Waals surface area contributed by atoms with Gasteiger partial charge >= 0.3 is 0 Å². The quantitative estimate of drug-likeness (QED) is 0.666. The maximum absolute atomic E-state index is 4.49. The Bertz CT molecular complexity index is 547. The van der Waals surface area contributed by atoms with E-state index in [4.69, 9.17) is 0 Å². The lowest BCUT2D eigenvalue weighted by Crippen LogP contribution is -2.39. The zero-order chi connectivity index (χ0) is 13.2. The molecule has 0 saturated carbocycles. The van der Waals surface area contributed by atoms with Gasteiger partial charge in [0.05, 0.1) is 25.7 Å². The Morgan fingerprint density at radius 2 is 1.83 bits per heavy atom. The standard InChI is InChI=1S/C14H19N3Si/c1-11-5-7-12(8-6-11)15-9-13-14(10-16-17-13)18(2,3)4/h5-10H,1-4H3,(H,16,17). The van der Waals surface area contributed by atoms with Gasteiger partial charge in [-0.1, -0.05) is 37.3 Å². The first kappa shape index (κ1) is 12.8. The molecule has 1 aromatic carbocycles. The van der Waals surface area contributed by atoms with Crippen molar-refractivity contribution in [3.8, 4) is 0 Å². The van der Waals surface area contributed by atoms with E-state index in [1.165, 1.54) is 10.8 Å². The molecule has 0 unspecified atom stereocenters. The van der Waals surface area contributed by atoms with Crippen LogP contribution in [0, 0.1) is 6.92 Å². The van der Waals surface area contributed by atoms with Gasteiger partial charge in [0.2, 0.25) is 0 Å². The second kappa shape index (κ2) is 4.90. The fourth-order valence-electron chi connectivity index (χ4n) is 1.76. The average Bonchev–Trinajstić information content (AvgIpc) is 2.76. The topological polar surface area (TPSA) is 41.0 Å². The van der Waals surface area contributed by atoms with Gasteiger partial charge in [0.15, 0.2) is 0 Å². The Morgan fingerprint density at radius 3 is 2.44 bits per heavy atom. The normalized spacial score (nSPS) is 12.2. The minimum atomic E-state index is -1.36. The number of aromatic amines is 1. The summed E-state index contributed by atoms with van der Waals surface area (Å²) in [5.41, 5.74) is 3.25. The van der Waals surface area contributed by atoms with Gasteiger partial charge in [-0.2, -0.15) is 5.10 Å². The number of aryl methyl sites for hydroxylation is 1. The van der Waals surface area contributed by atoms with Crippen LogP contribution >= 0.6 is 0 Å². The highest BCUT2D eigenvalue weighted by molar-refractivity contribution is 6.89. The zero-order valence-electron chi connectivity index (χ0n) is 11.4. The fraction of sp³-hybridized carbons (Fsp3) is 0.286. The number of hydrogen-bond acceptors (Lipinski definition) is 2. The van der Waals surface area contributed by atoms with Crippen molar-refractivity contribution in [1.29, 1.82) is 0 Å². The van der Waals surface area contributed by atoms with Crippen molar-refractivity contribution >= 4 is 25.2 Å². The van der Waals surface area contributed by atoms with Crippen molar-refractivity contribution in [2.75, 3.05) is 0 Å². The molecule has 18 heavy (non-hydrogen) atoms. The zero-order valence-corrected chi connectivity index (χ0v) is 12.4. The number of hydrogen-bond donors (Lipinski definition) is 1. The van der Waals surface area contributed by atoms with Gasteiger partial charge in [-0.15, -0.1) is 0 Å². The molecule has 2 aromatic rings. The summed E-state index contributed by atoms with van der Waals surface area (Å²) in [5.74, 6) is 0. The molecule has 1 N–H and O–H groups in total. The third-order valence-corrected chi connectivity index (χ3v) is 4.87. The van der Waals surface area contributed by atoms with Gasteiger partial charge in [-0.05, 0) is 24.2 Å². The van der Waals surface area contributed by atoms with E-state index in [0.29, 0.717) is 0 Å². The predicted molar refractivity (Wildman–Crippen MR) is 80.0 cm³/mol. The monoisotopic (exact) mass is 257 g/mol. The van der Waals surface area contributed by atoms with Crippen molar-refractivity contribution in [2.24, 2.45) is 4.99 Å². The molecule has 0 radical (unpaired) electrons. The van der Waals surface area contributed by atoms with Crippen LogP contribution in [0.2, 0.25) is 19.6 Å². The van der Waals surface area contributed by atoms with Crippen LogP contribution in [0.5, 0.6) is 0 Å². The lowest BCUT2D eigenvalue weighted by molar-refractivity contribution is 1.08. The molecule has 0 aliphatic carbocycles. The molecule has 94 valence electrons. The molecular weight excluding hydrogens is 238 g/mol. The first-order valence-electron chi connectivity index (χ1n) is 6.11. The summed E-state index contributed by atoms with van der Waals surface area (Å²) >= 11 is 0. The second-order valence-corrected chi connectivity index (χ2v) is 10.6. The largest absolute Gasteiger partial charge is 0.277 e. The summed E-state index contributed by atoms with van der Waals surface area (Å²) in [6, 6.07) is 8.19. The lowest BCUT2D eigenvalue weighted by Gasteiger charge is -2.14. The molecule has 2 rings (SSSR count). The van der Waals surface area contributed by atoms with Crippen molar-refractivity contribution in [2.45, 2.75) is 26.6 Å². The van der Waals surface area contributed by atoms with Gasteiger partial charge in [0.1, 0.15) is 0 Å². The summed E-state index contributed by atoms with van der Waals surface area (Å²) in [6.07, 6.45) is 3.81. The van der Waals surface area contributed by atoms with Crippen molar-refractivity contribution < 1.29 is 0 Å². The predicted octanol–water partition coefficient (Wildman–Crippen LogP) is 3.01. The molecule has 0 aliphatic heterocycles. The van der Waals surface area contributed by atoms with Crippen LogP contribution in [0.15, 0.2) is 35.5 Å². The number of nitrogens with zero attached hydrogens (tertiary/aromatic N) is 2. The molecule has 0 bridgehead atoms. The van der Waals surface area contributed by atoms with Gasteiger partial charge < -0.3 is 0 Å². The number of benzene rings is 1. The van der Waals surface area contributed by atoms with Crippen LogP contribution in [0.25, 0.3) is 0 Å². The molecule has 0 amide bonds. The van der Waals surface area contributed by atoms with E-state index < -0.39 is 8.07 Å². The number of rotatable bonds is 3. The summed E-state index contributed by atoms with van der Waals surface area (Å²) in [6.45, 7) is 8.99. The van der Waals surface area contributed by atoms with Gasteiger partial charge in [0.25, 0.3) is 0 Å². The van der Waals surface area contributed by atoms with Crippen LogP contribution in [0.1, 0.15) is 11.3 Å². The summed E-state index contributed by atoms with van der Waals surface area (Å²) in [4.78, 5) is 4.49. The fourth-order valence-corrected chi connectivity index (χ4v) is 3.14. The lowest BCUT2D eigenvalue weighted by atomic mass is 10.2. The smallest absolute Gasteiger partial charge is 0.0825 e. The SMILES string of the molecule is Cc1ccc(N=Cc2[nH]ncc2[Si](C)(C)C)cc1. The van der Waals surface area contributed by atoms with E-state index in [9.17, 15) is 0 Å². The Hall–Kier alpha value is -1.68. The number of aromatic nitrogens is 2. The summed E-state index contributed by atoms with van der Waals surface area (Å²) in [7, 11) is -1.36. The molecule has 4 heteroatoms. The third-order valence-electron chi connectivity index (χ3n) is 2.85. The minimum absolute atomic E-state index is 0.969. The molecular formula is C14H19N3Si. The highest BCUT2D eigenvalue weighted by Gasteiger charge is 2.20. The first-order valence-corrected chi connectivity index (χ1v) is 9.61. The second-order valence-electron chi connectivity index (χ2n) is 5.54. The molecule has 0 saturated heterocycles. The van der Waals surface area contributed by atoms with E-state index in [0.717, 1.165) is 11.4 Å². The Morgan fingerprint density at radius 1 is 1.17 bits per heavy atom. The number of aliphatic imine (C=N–C) groups is 1. The van der Waals surface area contributed by atoms with Crippen molar-refractivity contribution in [1.82, 2.24) is 10.2 Å². The molecule has 1 aromatic heterocycles. The Kier molecular flexibility index (Phi) is 3.47.